The first-order chi connectivity index (χ1) is 10.3. The highest BCUT2D eigenvalue weighted by Crippen LogP contribution is 2.23. The Hall–Kier alpha value is -1.14. The van der Waals surface area contributed by atoms with E-state index in [1.807, 2.05) is 20.8 Å². The van der Waals surface area contributed by atoms with Gasteiger partial charge in [-0.1, -0.05) is 41.0 Å². The molecular formula is C16H30O6. The van der Waals surface area contributed by atoms with Crippen molar-refractivity contribution in [3.8, 4) is 0 Å². The van der Waals surface area contributed by atoms with Crippen molar-refractivity contribution in [3.63, 3.8) is 0 Å². The molecule has 130 valence electrons. The SMILES string of the molecule is CCCCC(C)(OOC(=O)C(C)CC)OOC(=O)C(C)CC. The molecule has 0 amide bonds. The van der Waals surface area contributed by atoms with E-state index >= 15 is 0 Å². The van der Waals surface area contributed by atoms with Gasteiger partial charge in [0.15, 0.2) is 0 Å². The van der Waals surface area contributed by atoms with Gasteiger partial charge in [-0.05, 0) is 26.2 Å². The number of hydrogen-bond acceptors (Lipinski definition) is 6. The molecule has 0 aromatic heterocycles. The highest BCUT2D eigenvalue weighted by atomic mass is 17.3. The van der Waals surface area contributed by atoms with Gasteiger partial charge in [-0.25, -0.2) is 9.59 Å². The highest BCUT2D eigenvalue weighted by Gasteiger charge is 2.33. The van der Waals surface area contributed by atoms with Crippen molar-refractivity contribution in [2.45, 2.75) is 79.4 Å². The van der Waals surface area contributed by atoms with Crippen LogP contribution in [0.25, 0.3) is 0 Å². The van der Waals surface area contributed by atoms with Crippen LogP contribution in [0.2, 0.25) is 0 Å². The monoisotopic (exact) mass is 318 g/mol. The fourth-order valence-electron chi connectivity index (χ4n) is 1.35. The topological polar surface area (TPSA) is 71.1 Å². The third-order valence-corrected chi connectivity index (χ3v) is 3.61. The Kier molecular flexibility index (Phi) is 10.0. The van der Waals surface area contributed by atoms with Crippen LogP contribution in [0.1, 0.15) is 73.6 Å². The lowest BCUT2D eigenvalue weighted by atomic mass is 10.1. The maximum absolute atomic E-state index is 11.7. The molecular weight excluding hydrogens is 288 g/mol. The Morgan fingerprint density at radius 2 is 1.32 bits per heavy atom. The third-order valence-electron chi connectivity index (χ3n) is 3.61. The van der Waals surface area contributed by atoms with Crippen molar-refractivity contribution < 1.29 is 29.1 Å². The van der Waals surface area contributed by atoms with Crippen molar-refractivity contribution in [1.29, 1.82) is 0 Å². The minimum atomic E-state index is -1.30. The zero-order valence-corrected chi connectivity index (χ0v) is 14.6. The van der Waals surface area contributed by atoms with E-state index < -0.39 is 17.7 Å². The van der Waals surface area contributed by atoms with Gasteiger partial charge in [-0.15, -0.1) is 9.78 Å². The fraction of sp³-hybridized carbons (Fsp3) is 0.875. The van der Waals surface area contributed by atoms with Gasteiger partial charge in [-0.3, -0.25) is 9.78 Å². The molecule has 0 radical (unpaired) electrons. The van der Waals surface area contributed by atoms with Crippen LogP contribution >= 0.6 is 0 Å². The molecule has 0 aromatic rings. The van der Waals surface area contributed by atoms with Crippen LogP contribution < -0.4 is 0 Å². The second kappa shape index (κ2) is 10.6. The number of unbranched alkanes of at least 4 members (excludes halogenated alkanes) is 1. The molecule has 0 aliphatic carbocycles. The summed E-state index contributed by atoms with van der Waals surface area (Å²) < 4.78 is 0. The Morgan fingerprint density at radius 1 is 0.909 bits per heavy atom. The molecule has 0 fully saturated rings. The molecule has 6 nitrogen and oxygen atoms in total. The van der Waals surface area contributed by atoms with E-state index in [0.29, 0.717) is 19.3 Å². The van der Waals surface area contributed by atoms with Crippen molar-refractivity contribution >= 4 is 11.9 Å². The van der Waals surface area contributed by atoms with Crippen molar-refractivity contribution in [2.75, 3.05) is 0 Å². The molecule has 6 heteroatoms. The van der Waals surface area contributed by atoms with E-state index in [2.05, 4.69) is 0 Å². The van der Waals surface area contributed by atoms with Gasteiger partial charge in [0.05, 0.1) is 11.8 Å². The minimum absolute atomic E-state index is 0.266. The molecule has 2 atom stereocenters. The van der Waals surface area contributed by atoms with Gasteiger partial charge in [0, 0.05) is 6.42 Å². The predicted molar refractivity (Wildman–Crippen MR) is 81.2 cm³/mol. The average Bonchev–Trinajstić information content (AvgIpc) is 2.54. The maximum atomic E-state index is 11.7. The first-order valence-corrected chi connectivity index (χ1v) is 8.08. The molecule has 0 saturated carbocycles. The molecule has 0 heterocycles. The van der Waals surface area contributed by atoms with Crippen molar-refractivity contribution in [2.24, 2.45) is 11.8 Å². The molecule has 2 unspecified atom stereocenters. The second-order valence-corrected chi connectivity index (χ2v) is 5.83. The molecule has 0 aliphatic heterocycles. The predicted octanol–water partition coefficient (Wildman–Crippen LogP) is 3.93. The molecule has 0 bridgehead atoms. The summed E-state index contributed by atoms with van der Waals surface area (Å²) in [5.74, 6) is -2.78. The maximum Gasteiger partial charge on any atom is 0.345 e. The van der Waals surface area contributed by atoms with E-state index in [1.165, 1.54) is 0 Å². The van der Waals surface area contributed by atoms with Gasteiger partial charge in [0.25, 0.3) is 5.79 Å². The first-order valence-electron chi connectivity index (χ1n) is 8.08. The quantitative estimate of drug-likeness (QED) is 0.326. The van der Waals surface area contributed by atoms with E-state index in [1.54, 1.807) is 20.8 Å². The fourth-order valence-corrected chi connectivity index (χ4v) is 1.35. The van der Waals surface area contributed by atoms with Crippen LogP contribution in [0.15, 0.2) is 0 Å². The van der Waals surface area contributed by atoms with Crippen LogP contribution in [0, 0.1) is 11.8 Å². The van der Waals surface area contributed by atoms with Crippen LogP contribution in [0.5, 0.6) is 0 Å². The molecule has 0 N–H and O–H groups in total. The molecule has 0 spiro atoms. The average molecular weight is 318 g/mol. The third kappa shape index (κ3) is 7.75. The summed E-state index contributed by atoms with van der Waals surface area (Å²) in [7, 11) is 0. The van der Waals surface area contributed by atoms with Gasteiger partial charge in [-0.2, -0.15) is 0 Å². The van der Waals surface area contributed by atoms with Gasteiger partial charge in [0.2, 0.25) is 0 Å². The molecule has 22 heavy (non-hydrogen) atoms. The van der Waals surface area contributed by atoms with Crippen molar-refractivity contribution in [1.82, 2.24) is 0 Å². The number of rotatable bonds is 11. The van der Waals surface area contributed by atoms with E-state index in [9.17, 15) is 9.59 Å². The van der Waals surface area contributed by atoms with Crippen molar-refractivity contribution in [3.05, 3.63) is 0 Å². The van der Waals surface area contributed by atoms with E-state index in [4.69, 9.17) is 19.6 Å². The normalized spacial score (nSPS) is 16.5. The standard InChI is InChI=1S/C16H30O6/c1-7-10-11-16(6,21-19-14(17)12(4)8-2)22-20-15(18)13(5)9-3/h12-13H,7-11H2,1-6H3. The summed E-state index contributed by atoms with van der Waals surface area (Å²) in [6.07, 6.45) is 3.42. The van der Waals surface area contributed by atoms with Gasteiger partial charge >= 0.3 is 11.9 Å². The number of carbonyl (C=O) groups excluding carboxylic acids is 2. The molecule has 0 aliphatic rings. The Bertz CT molecular complexity index is 316. The lowest BCUT2D eigenvalue weighted by molar-refractivity contribution is -0.478. The highest BCUT2D eigenvalue weighted by molar-refractivity contribution is 5.71. The number of carbonyl (C=O) groups is 2. The minimum Gasteiger partial charge on any atom is -0.295 e. The van der Waals surface area contributed by atoms with E-state index in [-0.39, 0.29) is 11.8 Å². The van der Waals surface area contributed by atoms with Gasteiger partial charge < -0.3 is 0 Å². The zero-order chi connectivity index (χ0) is 17.2. The van der Waals surface area contributed by atoms with E-state index in [0.717, 1.165) is 12.8 Å². The Labute approximate surface area is 133 Å². The van der Waals surface area contributed by atoms with Crippen LogP contribution in [0.4, 0.5) is 0 Å². The largest absolute Gasteiger partial charge is 0.345 e. The lowest BCUT2D eigenvalue weighted by Gasteiger charge is -2.26. The molecule has 0 aromatic carbocycles. The van der Waals surface area contributed by atoms with Crippen LogP contribution in [-0.4, -0.2) is 17.7 Å². The summed E-state index contributed by atoms with van der Waals surface area (Å²) in [4.78, 5) is 43.3. The zero-order valence-electron chi connectivity index (χ0n) is 14.6. The lowest BCUT2D eigenvalue weighted by Crippen LogP contribution is -2.36. The summed E-state index contributed by atoms with van der Waals surface area (Å²) in [6, 6.07) is 0. The first kappa shape index (κ1) is 20.9. The molecule has 0 rings (SSSR count). The second-order valence-electron chi connectivity index (χ2n) is 5.83. The van der Waals surface area contributed by atoms with Gasteiger partial charge in [0.1, 0.15) is 0 Å². The Morgan fingerprint density at radius 3 is 1.64 bits per heavy atom. The smallest absolute Gasteiger partial charge is 0.295 e. The summed E-state index contributed by atoms with van der Waals surface area (Å²) in [5, 5.41) is 0. The molecule has 0 saturated heterocycles. The van der Waals surface area contributed by atoms with Crippen LogP contribution in [-0.2, 0) is 29.1 Å². The summed E-state index contributed by atoms with van der Waals surface area (Å²) in [5.41, 5.74) is 0. The summed E-state index contributed by atoms with van der Waals surface area (Å²) in [6.45, 7) is 10.9. The number of hydrogen-bond donors (Lipinski definition) is 0. The van der Waals surface area contributed by atoms with Crippen LogP contribution in [0.3, 0.4) is 0 Å². The summed E-state index contributed by atoms with van der Waals surface area (Å²) >= 11 is 0. The Balaban J connectivity index is 4.57.